The number of anilines is 1. The fraction of sp³-hybridized carbons (Fsp3) is 0.500. The second kappa shape index (κ2) is 5.68. The van der Waals surface area contributed by atoms with E-state index in [1.807, 2.05) is 12.1 Å². The normalized spacial score (nSPS) is 21.1. The van der Waals surface area contributed by atoms with Crippen molar-refractivity contribution in [2.45, 2.75) is 25.5 Å². The Morgan fingerprint density at radius 3 is 3.10 bits per heavy atom. The van der Waals surface area contributed by atoms with Gasteiger partial charge in [-0.3, -0.25) is 4.98 Å². The molecule has 2 unspecified atom stereocenters. The van der Waals surface area contributed by atoms with Crippen LogP contribution in [0.1, 0.15) is 13.3 Å². The highest BCUT2D eigenvalue weighted by Gasteiger charge is 2.25. The van der Waals surface area contributed by atoms with E-state index in [9.17, 15) is 5.11 Å². The molecule has 20 heavy (non-hydrogen) atoms. The van der Waals surface area contributed by atoms with Crippen LogP contribution in [0.15, 0.2) is 24.5 Å². The lowest BCUT2D eigenvalue weighted by Gasteiger charge is -2.37. The van der Waals surface area contributed by atoms with Gasteiger partial charge in [-0.25, -0.2) is 9.97 Å². The second-order valence-electron chi connectivity index (χ2n) is 5.08. The molecule has 1 aliphatic heterocycles. The maximum Gasteiger partial charge on any atom is 0.180 e. The minimum absolute atomic E-state index is 0.144. The third-order valence-electron chi connectivity index (χ3n) is 3.45. The molecule has 1 aliphatic rings. The van der Waals surface area contributed by atoms with Gasteiger partial charge in [0, 0.05) is 18.9 Å². The third-order valence-corrected chi connectivity index (χ3v) is 3.45. The van der Waals surface area contributed by atoms with E-state index in [0.29, 0.717) is 25.3 Å². The van der Waals surface area contributed by atoms with Crippen molar-refractivity contribution in [3.05, 3.63) is 24.5 Å². The number of rotatable bonds is 3. The minimum atomic E-state index is -0.357. The first-order chi connectivity index (χ1) is 9.74. The molecular formula is C14H18N4O2. The van der Waals surface area contributed by atoms with Gasteiger partial charge in [0.1, 0.15) is 11.3 Å². The molecule has 3 heterocycles. The van der Waals surface area contributed by atoms with Crippen molar-refractivity contribution in [1.29, 1.82) is 0 Å². The zero-order valence-corrected chi connectivity index (χ0v) is 11.4. The average Bonchev–Trinajstić information content (AvgIpc) is 2.47. The molecule has 0 amide bonds. The number of nitrogens with zero attached hydrogens (tertiary/aromatic N) is 4. The highest BCUT2D eigenvalue weighted by molar-refractivity contribution is 5.71. The largest absolute Gasteiger partial charge is 0.393 e. The maximum atomic E-state index is 9.62. The molecule has 2 atom stereocenters. The standard InChI is InChI=1S/C14H18N4O2/c1-10(19)8-11-9-20-7-6-18(11)13-3-2-12-14(17-13)16-5-4-15-12/h2-5,10-11,19H,6-9H2,1H3. The number of morpholine rings is 1. The topological polar surface area (TPSA) is 71.4 Å². The van der Waals surface area contributed by atoms with E-state index >= 15 is 0 Å². The maximum absolute atomic E-state index is 9.62. The van der Waals surface area contributed by atoms with E-state index in [-0.39, 0.29) is 12.1 Å². The summed E-state index contributed by atoms with van der Waals surface area (Å²) < 4.78 is 5.51. The van der Waals surface area contributed by atoms with Gasteiger partial charge in [0.2, 0.25) is 0 Å². The number of hydrogen-bond acceptors (Lipinski definition) is 6. The number of aliphatic hydroxyl groups is 1. The summed E-state index contributed by atoms with van der Waals surface area (Å²) in [4.78, 5) is 15.2. The van der Waals surface area contributed by atoms with E-state index in [4.69, 9.17) is 4.74 Å². The Balaban J connectivity index is 1.90. The van der Waals surface area contributed by atoms with Crippen molar-refractivity contribution >= 4 is 17.0 Å². The molecule has 106 valence electrons. The van der Waals surface area contributed by atoms with Crippen LogP contribution in [0.5, 0.6) is 0 Å². The van der Waals surface area contributed by atoms with Gasteiger partial charge < -0.3 is 14.7 Å². The minimum Gasteiger partial charge on any atom is -0.393 e. The number of hydrogen-bond donors (Lipinski definition) is 1. The van der Waals surface area contributed by atoms with Crippen molar-refractivity contribution in [2.75, 3.05) is 24.7 Å². The Morgan fingerprint density at radius 1 is 1.40 bits per heavy atom. The van der Waals surface area contributed by atoms with Gasteiger partial charge in [0.05, 0.1) is 25.4 Å². The monoisotopic (exact) mass is 274 g/mol. The van der Waals surface area contributed by atoms with Gasteiger partial charge in [-0.05, 0) is 25.5 Å². The molecular weight excluding hydrogens is 256 g/mol. The van der Waals surface area contributed by atoms with Crippen molar-refractivity contribution in [1.82, 2.24) is 15.0 Å². The first-order valence-corrected chi connectivity index (χ1v) is 6.84. The molecule has 6 heteroatoms. The lowest BCUT2D eigenvalue weighted by Crippen LogP contribution is -2.47. The van der Waals surface area contributed by atoms with Crippen LogP contribution in [-0.2, 0) is 4.74 Å². The Labute approximate surface area is 117 Å². The molecule has 0 saturated carbocycles. The van der Waals surface area contributed by atoms with Crippen LogP contribution < -0.4 is 4.90 Å². The Bertz CT molecular complexity index is 590. The molecule has 0 bridgehead atoms. The lowest BCUT2D eigenvalue weighted by atomic mass is 10.1. The Hall–Kier alpha value is -1.79. The van der Waals surface area contributed by atoms with Gasteiger partial charge in [-0.15, -0.1) is 0 Å². The van der Waals surface area contributed by atoms with Gasteiger partial charge in [0.15, 0.2) is 5.65 Å². The van der Waals surface area contributed by atoms with Crippen LogP contribution in [-0.4, -0.2) is 52.0 Å². The molecule has 2 aromatic rings. The van der Waals surface area contributed by atoms with Crippen molar-refractivity contribution in [3.63, 3.8) is 0 Å². The summed E-state index contributed by atoms with van der Waals surface area (Å²) in [6, 6.07) is 4.03. The van der Waals surface area contributed by atoms with Crippen LogP contribution >= 0.6 is 0 Å². The van der Waals surface area contributed by atoms with Gasteiger partial charge >= 0.3 is 0 Å². The molecule has 1 fully saturated rings. The van der Waals surface area contributed by atoms with E-state index in [0.717, 1.165) is 17.9 Å². The summed E-state index contributed by atoms with van der Waals surface area (Å²) in [5.74, 6) is 0.868. The Kier molecular flexibility index (Phi) is 3.75. The smallest absolute Gasteiger partial charge is 0.180 e. The van der Waals surface area contributed by atoms with E-state index in [1.165, 1.54) is 0 Å². The van der Waals surface area contributed by atoms with Crippen LogP contribution in [0.3, 0.4) is 0 Å². The van der Waals surface area contributed by atoms with E-state index in [2.05, 4.69) is 19.9 Å². The molecule has 2 aromatic heterocycles. The first-order valence-electron chi connectivity index (χ1n) is 6.84. The van der Waals surface area contributed by atoms with Gasteiger partial charge in [-0.2, -0.15) is 0 Å². The van der Waals surface area contributed by atoms with Crippen molar-refractivity contribution < 1.29 is 9.84 Å². The van der Waals surface area contributed by atoms with E-state index < -0.39 is 0 Å². The third kappa shape index (κ3) is 2.71. The zero-order chi connectivity index (χ0) is 13.9. The van der Waals surface area contributed by atoms with E-state index in [1.54, 1.807) is 19.3 Å². The predicted molar refractivity (Wildman–Crippen MR) is 75.6 cm³/mol. The number of aromatic nitrogens is 3. The molecule has 0 aromatic carbocycles. The SMILES string of the molecule is CC(O)CC1COCCN1c1ccc2nccnc2n1. The number of pyridine rings is 1. The molecule has 3 rings (SSSR count). The van der Waals surface area contributed by atoms with Crippen molar-refractivity contribution in [2.24, 2.45) is 0 Å². The highest BCUT2D eigenvalue weighted by atomic mass is 16.5. The first kappa shape index (κ1) is 13.2. The van der Waals surface area contributed by atoms with Crippen LogP contribution in [0.2, 0.25) is 0 Å². The molecule has 0 aliphatic carbocycles. The Morgan fingerprint density at radius 2 is 2.25 bits per heavy atom. The molecule has 1 saturated heterocycles. The molecule has 0 radical (unpaired) electrons. The number of aliphatic hydroxyl groups excluding tert-OH is 1. The van der Waals surface area contributed by atoms with Crippen LogP contribution in [0, 0.1) is 0 Å². The quantitative estimate of drug-likeness (QED) is 0.900. The summed E-state index contributed by atoms with van der Waals surface area (Å²) in [5.41, 5.74) is 1.43. The van der Waals surface area contributed by atoms with Gasteiger partial charge in [-0.1, -0.05) is 0 Å². The lowest BCUT2D eigenvalue weighted by molar-refractivity contribution is 0.0718. The second-order valence-corrected chi connectivity index (χ2v) is 5.08. The highest BCUT2D eigenvalue weighted by Crippen LogP contribution is 2.22. The summed E-state index contributed by atoms with van der Waals surface area (Å²) in [5, 5.41) is 9.62. The van der Waals surface area contributed by atoms with Crippen LogP contribution in [0.25, 0.3) is 11.2 Å². The van der Waals surface area contributed by atoms with Crippen molar-refractivity contribution in [3.8, 4) is 0 Å². The average molecular weight is 274 g/mol. The summed E-state index contributed by atoms with van der Waals surface area (Å²) in [6.45, 7) is 3.86. The summed E-state index contributed by atoms with van der Waals surface area (Å²) in [7, 11) is 0. The fourth-order valence-electron chi connectivity index (χ4n) is 2.55. The zero-order valence-electron chi connectivity index (χ0n) is 11.4. The molecule has 1 N–H and O–H groups in total. The summed E-state index contributed by atoms with van der Waals surface area (Å²) >= 11 is 0. The number of fused-ring (bicyclic) bond motifs is 1. The van der Waals surface area contributed by atoms with Gasteiger partial charge in [0.25, 0.3) is 0 Å². The molecule has 0 spiro atoms. The predicted octanol–water partition coefficient (Wildman–Crippen LogP) is 1.00. The molecule has 6 nitrogen and oxygen atoms in total. The fourth-order valence-corrected chi connectivity index (χ4v) is 2.55. The summed E-state index contributed by atoms with van der Waals surface area (Å²) in [6.07, 6.45) is 3.62. The van der Waals surface area contributed by atoms with Crippen LogP contribution in [0.4, 0.5) is 5.82 Å². The number of ether oxygens (including phenoxy) is 1.